The van der Waals surface area contributed by atoms with Crippen molar-refractivity contribution >= 4 is 10.9 Å². The van der Waals surface area contributed by atoms with Crippen LogP contribution in [0.2, 0.25) is 0 Å². The molecule has 0 saturated carbocycles. The van der Waals surface area contributed by atoms with Gasteiger partial charge in [0.25, 0.3) is 5.56 Å². The minimum atomic E-state index is -0.712. The zero-order valence-electron chi connectivity index (χ0n) is 19.4. The van der Waals surface area contributed by atoms with Gasteiger partial charge in [0, 0.05) is 26.2 Å². The highest BCUT2D eigenvalue weighted by molar-refractivity contribution is 5.96. The van der Waals surface area contributed by atoms with Crippen molar-refractivity contribution in [2.45, 2.75) is 12.6 Å². The molecule has 0 aliphatic carbocycles. The standard InChI is InChI=1S/C25H25N3O6/c1-26-20-18(24(30)27(2)25(26)31)19(14-8-10-15(32-3)11-9-14)28-12-13-34-23(21(20)28)16-6-5-7-17(33-4)22(16)29/h5-11,23,29H,12-13H2,1-4H3. The summed E-state index contributed by atoms with van der Waals surface area (Å²) in [5.41, 5.74) is 2.28. The summed E-state index contributed by atoms with van der Waals surface area (Å²) in [6.07, 6.45) is -0.712. The zero-order chi connectivity index (χ0) is 24.1. The predicted octanol–water partition coefficient (Wildman–Crippen LogP) is 2.55. The average molecular weight is 463 g/mol. The minimum Gasteiger partial charge on any atom is -0.504 e. The molecule has 0 radical (unpaired) electrons. The molecule has 9 nitrogen and oxygen atoms in total. The Kier molecular flexibility index (Phi) is 5.21. The van der Waals surface area contributed by atoms with Gasteiger partial charge in [0.1, 0.15) is 11.9 Å². The van der Waals surface area contributed by atoms with Gasteiger partial charge in [0.15, 0.2) is 11.5 Å². The number of nitrogens with zero attached hydrogens (tertiary/aromatic N) is 3. The van der Waals surface area contributed by atoms with Crippen LogP contribution in [0, 0.1) is 0 Å². The number of hydrogen-bond donors (Lipinski definition) is 1. The van der Waals surface area contributed by atoms with Crippen LogP contribution in [0.1, 0.15) is 17.4 Å². The first-order valence-electron chi connectivity index (χ1n) is 10.8. The largest absolute Gasteiger partial charge is 0.504 e. The summed E-state index contributed by atoms with van der Waals surface area (Å²) in [6.45, 7) is 0.830. The first-order chi connectivity index (χ1) is 16.4. The van der Waals surface area contributed by atoms with Gasteiger partial charge in [-0.2, -0.15) is 0 Å². The monoisotopic (exact) mass is 463 g/mol. The van der Waals surface area contributed by atoms with Gasteiger partial charge in [-0.25, -0.2) is 4.79 Å². The van der Waals surface area contributed by atoms with Gasteiger partial charge in [0.05, 0.1) is 43.1 Å². The fourth-order valence-electron chi connectivity index (χ4n) is 4.78. The first-order valence-corrected chi connectivity index (χ1v) is 10.8. The third-order valence-corrected chi connectivity index (χ3v) is 6.45. The Hall–Kier alpha value is -3.98. The molecule has 1 unspecified atom stereocenters. The second-order valence-electron chi connectivity index (χ2n) is 8.19. The molecular formula is C25H25N3O6. The van der Waals surface area contributed by atoms with E-state index in [-0.39, 0.29) is 11.3 Å². The predicted molar refractivity (Wildman–Crippen MR) is 127 cm³/mol. The lowest BCUT2D eigenvalue weighted by Crippen LogP contribution is -2.37. The summed E-state index contributed by atoms with van der Waals surface area (Å²) in [5, 5.41) is 11.3. The highest BCUT2D eigenvalue weighted by Crippen LogP contribution is 2.44. The van der Waals surface area contributed by atoms with E-state index in [0.717, 1.165) is 10.1 Å². The summed E-state index contributed by atoms with van der Waals surface area (Å²) < 4.78 is 21.3. The fraction of sp³-hybridized carbons (Fsp3) is 0.280. The molecule has 176 valence electrons. The van der Waals surface area contributed by atoms with Crippen LogP contribution in [0.5, 0.6) is 17.2 Å². The Morgan fingerprint density at radius 2 is 1.74 bits per heavy atom. The van der Waals surface area contributed by atoms with E-state index in [2.05, 4.69) is 0 Å². The van der Waals surface area contributed by atoms with E-state index >= 15 is 0 Å². The minimum absolute atomic E-state index is 0.0439. The van der Waals surface area contributed by atoms with Gasteiger partial charge in [-0.3, -0.25) is 13.9 Å². The van der Waals surface area contributed by atoms with E-state index in [0.29, 0.717) is 52.5 Å². The summed E-state index contributed by atoms with van der Waals surface area (Å²) in [4.78, 5) is 26.4. The molecule has 0 spiro atoms. The third-order valence-electron chi connectivity index (χ3n) is 6.45. The molecule has 3 heterocycles. The summed E-state index contributed by atoms with van der Waals surface area (Å²) >= 11 is 0. The van der Waals surface area contributed by atoms with Crippen molar-refractivity contribution in [2.75, 3.05) is 20.8 Å². The number of rotatable bonds is 4. The van der Waals surface area contributed by atoms with E-state index in [1.165, 1.54) is 18.7 Å². The highest BCUT2D eigenvalue weighted by Gasteiger charge is 2.34. The lowest BCUT2D eigenvalue weighted by atomic mass is 10.0. The third kappa shape index (κ3) is 3.04. The average Bonchev–Trinajstić information content (AvgIpc) is 3.22. The second kappa shape index (κ2) is 8.11. The van der Waals surface area contributed by atoms with Crippen LogP contribution in [0.3, 0.4) is 0 Å². The van der Waals surface area contributed by atoms with E-state index in [9.17, 15) is 14.7 Å². The van der Waals surface area contributed by atoms with Crippen LogP contribution < -0.4 is 20.7 Å². The van der Waals surface area contributed by atoms with E-state index in [1.54, 1.807) is 32.4 Å². The quantitative estimate of drug-likeness (QED) is 0.500. The molecule has 1 aliphatic heterocycles. The van der Waals surface area contributed by atoms with Gasteiger partial charge in [-0.05, 0) is 35.9 Å². The van der Waals surface area contributed by atoms with Gasteiger partial charge in [-0.15, -0.1) is 0 Å². The molecule has 2 aromatic heterocycles. The Balaban J connectivity index is 1.91. The number of benzene rings is 2. The molecule has 0 saturated heterocycles. The fourth-order valence-corrected chi connectivity index (χ4v) is 4.78. The zero-order valence-corrected chi connectivity index (χ0v) is 19.4. The Morgan fingerprint density at radius 3 is 2.41 bits per heavy atom. The normalized spacial score (nSPS) is 15.4. The molecule has 9 heteroatoms. The van der Waals surface area contributed by atoms with Gasteiger partial charge < -0.3 is 23.9 Å². The number of phenols is 1. The Bertz CT molecular complexity index is 1530. The van der Waals surface area contributed by atoms with Gasteiger partial charge in [-0.1, -0.05) is 12.1 Å². The number of phenolic OH excluding ortho intramolecular Hbond substituents is 1. The van der Waals surface area contributed by atoms with Crippen molar-refractivity contribution < 1.29 is 19.3 Å². The topological polar surface area (TPSA) is 96.9 Å². The van der Waals surface area contributed by atoms with Crippen molar-refractivity contribution in [1.29, 1.82) is 0 Å². The van der Waals surface area contributed by atoms with Crippen LogP contribution >= 0.6 is 0 Å². The number of hydrogen-bond acceptors (Lipinski definition) is 6. The summed E-state index contributed by atoms with van der Waals surface area (Å²) in [7, 11) is 6.19. The van der Waals surface area contributed by atoms with Crippen molar-refractivity contribution in [2.24, 2.45) is 14.1 Å². The number of aromatic nitrogens is 3. The molecule has 1 atom stereocenters. The number of fused-ring (bicyclic) bond motifs is 3. The summed E-state index contributed by atoms with van der Waals surface area (Å²) in [6, 6.07) is 12.6. The van der Waals surface area contributed by atoms with Gasteiger partial charge in [0.2, 0.25) is 0 Å². The molecule has 5 rings (SSSR count). The number of aryl methyl sites for hydroxylation is 1. The van der Waals surface area contributed by atoms with E-state index in [1.807, 2.05) is 28.8 Å². The van der Waals surface area contributed by atoms with Crippen LogP contribution in [-0.4, -0.2) is 39.6 Å². The number of ether oxygens (including phenoxy) is 3. The molecule has 1 aliphatic rings. The van der Waals surface area contributed by atoms with E-state index in [4.69, 9.17) is 14.2 Å². The summed E-state index contributed by atoms with van der Waals surface area (Å²) in [5.74, 6) is 0.966. The number of para-hydroxylation sites is 1. The Morgan fingerprint density at radius 1 is 1.00 bits per heavy atom. The van der Waals surface area contributed by atoms with E-state index < -0.39 is 11.8 Å². The smallest absolute Gasteiger partial charge is 0.331 e. The van der Waals surface area contributed by atoms with Crippen LogP contribution in [-0.2, 0) is 25.4 Å². The second-order valence-corrected chi connectivity index (χ2v) is 8.19. The molecule has 0 bridgehead atoms. The number of methoxy groups -OCH3 is 2. The van der Waals surface area contributed by atoms with Crippen LogP contribution in [0.15, 0.2) is 52.1 Å². The van der Waals surface area contributed by atoms with Gasteiger partial charge >= 0.3 is 5.69 Å². The van der Waals surface area contributed by atoms with Crippen molar-refractivity contribution in [3.8, 4) is 28.5 Å². The Labute approximate surface area is 195 Å². The molecule has 0 fully saturated rings. The number of aromatic hydroxyl groups is 1. The highest BCUT2D eigenvalue weighted by atomic mass is 16.5. The lowest BCUT2D eigenvalue weighted by Gasteiger charge is -2.28. The van der Waals surface area contributed by atoms with Crippen molar-refractivity contribution in [3.63, 3.8) is 0 Å². The first kappa shape index (κ1) is 21.8. The molecule has 4 aromatic rings. The maximum absolute atomic E-state index is 13.4. The molecular weight excluding hydrogens is 438 g/mol. The molecule has 0 amide bonds. The molecule has 34 heavy (non-hydrogen) atoms. The van der Waals surface area contributed by atoms with Crippen molar-refractivity contribution in [1.82, 2.24) is 13.7 Å². The molecule has 2 aromatic carbocycles. The molecule has 1 N–H and O–H groups in total. The SMILES string of the molecule is COc1ccc(-c2c3c(=O)n(C)c(=O)n(C)c3c3n2CCOC3c2cccc(OC)c2O)cc1. The maximum atomic E-state index is 13.4. The van der Waals surface area contributed by atoms with Crippen molar-refractivity contribution in [3.05, 3.63) is 74.6 Å². The maximum Gasteiger partial charge on any atom is 0.331 e. The van der Waals surface area contributed by atoms with Crippen LogP contribution in [0.25, 0.3) is 22.2 Å². The van der Waals surface area contributed by atoms with Crippen LogP contribution in [0.4, 0.5) is 0 Å². The lowest BCUT2D eigenvalue weighted by molar-refractivity contribution is 0.0462.